The minimum absolute atomic E-state index is 0.117. The minimum Gasteiger partial charge on any atom is -0.481 e. The fourth-order valence-corrected chi connectivity index (χ4v) is 3.87. The molecule has 2 aliphatic carbocycles. The van der Waals surface area contributed by atoms with Crippen molar-refractivity contribution < 1.29 is 14.9 Å². The molecule has 3 nitrogen and oxygen atoms in total. The van der Waals surface area contributed by atoms with Crippen molar-refractivity contribution in [3.05, 3.63) is 0 Å². The molecule has 2 N–H and O–H groups in total. The van der Waals surface area contributed by atoms with Crippen molar-refractivity contribution in [2.45, 2.75) is 44.8 Å². The second-order valence-electron chi connectivity index (χ2n) is 5.31. The van der Waals surface area contributed by atoms with Gasteiger partial charge in [0.15, 0.2) is 0 Å². The summed E-state index contributed by atoms with van der Waals surface area (Å²) in [6, 6.07) is 0. The van der Waals surface area contributed by atoms with Crippen molar-refractivity contribution in [1.29, 1.82) is 0 Å². The quantitative estimate of drug-likeness (QED) is 0.553. The third-order valence-corrected chi connectivity index (χ3v) is 4.53. The first-order valence-electron chi connectivity index (χ1n) is 6.42. The van der Waals surface area contributed by atoms with Crippen LogP contribution in [0.4, 0.5) is 0 Å². The molecule has 0 aromatic rings. The lowest BCUT2D eigenvalue weighted by Gasteiger charge is -2.21. The SMILES string of the molecule is O=C(O)C1CC2CCCC2C1CCC[B]O. The molecule has 0 heterocycles. The van der Waals surface area contributed by atoms with E-state index in [2.05, 4.69) is 0 Å². The van der Waals surface area contributed by atoms with E-state index < -0.39 is 5.97 Å². The van der Waals surface area contributed by atoms with Crippen LogP contribution in [0.2, 0.25) is 6.32 Å². The molecule has 0 saturated heterocycles. The van der Waals surface area contributed by atoms with E-state index >= 15 is 0 Å². The Kier molecular flexibility index (Phi) is 3.90. The predicted octanol–water partition coefficient (Wildman–Crippen LogP) is 1.93. The van der Waals surface area contributed by atoms with Gasteiger partial charge in [0.25, 0.3) is 7.48 Å². The van der Waals surface area contributed by atoms with E-state index in [0.29, 0.717) is 24.1 Å². The summed E-state index contributed by atoms with van der Waals surface area (Å²) in [5, 5.41) is 17.9. The monoisotopic (exact) mass is 223 g/mol. The zero-order chi connectivity index (χ0) is 11.5. The van der Waals surface area contributed by atoms with Crippen LogP contribution in [-0.2, 0) is 4.79 Å². The third kappa shape index (κ3) is 2.27. The molecular weight excluding hydrogens is 203 g/mol. The lowest BCUT2D eigenvalue weighted by Crippen LogP contribution is -2.22. The van der Waals surface area contributed by atoms with Crippen LogP contribution in [0.15, 0.2) is 0 Å². The zero-order valence-electron chi connectivity index (χ0n) is 9.64. The molecule has 2 saturated carbocycles. The van der Waals surface area contributed by atoms with Crippen LogP contribution in [0, 0.1) is 23.7 Å². The molecule has 4 unspecified atom stereocenters. The van der Waals surface area contributed by atoms with Gasteiger partial charge in [0.05, 0.1) is 5.92 Å². The molecule has 4 heteroatoms. The molecule has 0 aliphatic heterocycles. The van der Waals surface area contributed by atoms with Crippen molar-refractivity contribution in [2.24, 2.45) is 23.7 Å². The Morgan fingerprint density at radius 3 is 2.88 bits per heavy atom. The van der Waals surface area contributed by atoms with E-state index in [1.54, 1.807) is 0 Å². The number of carboxylic acids is 1. The number of rotatable bonds is 5. The fourth-order valence-electron chi connectivity index (χ4n) is 3.87. The molecule has 2 rings (SSSR count). The van der Waals surface area contributed by atoms with Gasteiger partial charge in [0.2, 0.25) is 0 Å². The summed E-state index contributed by atoms with van der Waals surface area (Å²) in [5.41, 5.74) is 0. The first kappa shape index (κ1) is 12.0. The number of carbonyl (C=O) groups is 1. The maximum absolute atomic E-state index is 11.2. The predicted molar refractivity (Wildman–Crippen MR) is 62.1 cm³/mol. The van der Waals surface area contributed by atoms with E-state index in [9.17, 15) is 9.90 Å². The molecule has 2 fully saturated rings. The third-order valence-electron chi connectivity index (χ3n) is 4.53. The van der Waals surface area contributed by atoms with Crippen LogP contribution in [0.1, 0.15) is 38.5 Å². The molecule has 0 bridgehead atoms. The van der Waals surface area contributed by atoms with Gasteiger partial charge in [-0.3, -0.25) is 4.79 Å². The van der Waals surface area contributed by atoms with Gasteiger partial charge in [-0.25, -0.2) is 0 Å². The highest BCUT2D eigenvalue weighted by molar-refractivity contribution is 6.25. The van der Waals surface area contributed by atoms with E-state index in [1.165, 1.54) is 26.7 Å². The van der Waals surface area contributed by atoms with Gasteiger partial charge in [0, 0.05) is 0 Å². The van der Waals surface area contributed by atoms with E-state index in [4.69, 9.17) is 5.02 Å². The normalized spacial score (nSPS) is 37.3. The highest BCUT2D eigenvalue weighted by Gasteiger charge is 2.47. The summed E-state index contributed by atoms with van der Waals surface area (Å²) in [6.07, 6.45) is 7.22. The Hall–Kier alpha value is -0.505. The average Bonchev–Trinajstić information content (AvgIpc) is 2.79. The zero-order valence-corrected chi connectivity index (χ0v) is 9.64. The van der Waals surface area contributed by atoms with Gasteiger partial charge < -0.3 is 10.1 Å². The minimum atomic E-state index is -0.604. The highest BCUT2D eigenvalue weighted by Crippen LogP contribution is 2.52. The summed E-state index contributed by atoms with van der Waals surface area (Å²) in [5.74, 6) is 0.968. The maximum Gasteiger partial charge on any atom is 0.306 e. The smallest absolute Gasteiger partial charge is 0.306 e. The van der Waals surface area contributed by atoms with Crippen LogP contribution in [0.5, 0.6) is 0 Å². The molecule has 89 valence electrons. The number of hydrogen-bond acceptors (Lipinski definition) is 2. The Labute approximate surface area is 97.5 Å². The molecule has 0 amide bonds. The molecule has 2 aliphatic rings. The van der Waals surface area contributed by atoms with Crippen LogP contribution in [0.3, 0.4) is 0 Å². The van der Waals surface area contributed by atoms with E-state index in [0.717, 1.165) is 19.3 Å². The Balaban J connectivity index is 1.95. The lowest BCUT2D eigenvalue weighted by atomic mass is 9.81. The Morgan fingerprint density at radius 1 is 1.38 bits per heavy atom. The standard InChI is InChI=1S/C12H20BO3/c14-12(15)11-7-8-3-1-4-9(8)10(11)5-2-6-13-16/h8-11,16H,1-7H2,(H,14,15). The molecular formula is C12H20BO3. The molecule has 0 aromatic heterocycles. The van der Waals surface area contributed by atoms with Gasteiger partial charge in [-0.1, -0.05) is 25.6 Å². The summed E-state index contributed by atoms with van der Waals surface area (Å²) in [6.45, 7) is 0. The Morgan fingerprint density at radius 2 is 2.19 bits per heavy atom. The molecule has 1 radical (unpaired) electrons. The largest absolute Gasteiger partial charge is 0.481 e. The summed E-state index contributed by atoms with van der Waals surface area (Å²) in [7, 11) is 1.19. The van der Waals surface area contributed by atoms with Crippen molar-refractivity contribution in [3.63, 3.8) is 0 Å². The van der Waals surface area contributed by atoms with Crippen LogP contribution in [0.25, 0.3) is 0 Å². The molecule has 4 atom stereocenters. The number of fused-ring (bicyclic) bond motifs is 1. The van der Waals surface area contributed by atoms with Crippen molar-refractivity contribution in [2.75, 3.05) is 0 Å². The van der Waals surface area contributed by atoms with Crippen LogP contribution in [-0.4, -0.2) is 23.6 Å². The Bertz CT molecular complexity index is 257. The second-order valence-corrected chi connectivity index (χ2v) is 5.31. The molecule has 16 heavy (non-hydrogen) atoms. The van der Waals surface area contributed by atoms with Gasteiger partial charge in [-0.15, -0.1) is 0 Å². The first-order valence-corrected chi connectivity index (χ1v) is 6.42. The molecule has 0 spiro atoms. The average molecular weight is 223 g/mol. The lowest BCUT2D eigenvalue weighted by molar-refractivity contribution is -0.143. The van der Waals surface area contributed by atoms with Crippen molar-refractivity contribution in [1.82, 2.24) is 0 Å². The summed E-state index contributed by atoms with van der Waals surface area (Å²) >= 11 is 0. The van der Waals surface area contributed by atoms with Crippen molar-refractivity contribution >= 4 is 13.5 Å². The van der Waals surface area contributed by atoms with Crippen molar-refractivity contribution in [3.8, 4) is 0 Å². The van der Waals surface area contributed by atoms with Crippen LogP contribution >= 0.6 is 0 Å². The second kappa shape index (κ2) is 5.22. The van der Waals surface area contributed by atoms with Gasteiger partial charge in [-0.05, 0) is 37.0 Å². The number of carboxylic acid groups (broad SMARTS) is 1. The van der Waals surface area contributed by atoms with Crippen LogP contribution < -0.4 is 0 Å². The highest BCUT2D eigenvalue weighted by atomic mass is 16.4. The molecule has 0 aromatic carbocycles. The van der Waals surface area contributed by atoms with Gasteiger partial charge in [0.1, 0.15) is 0 Å². The topological polar surface area (TPSA) is 57.5 Å². The summed E-state index contributed by atoms with van der Waals surface area (Å²) in [4.78, 5) is 11.2. The maximum atomic E-state index is 11.2. The van der Waals surface area contributed by atoms with E-state index in [-0.39, 0.29) is 5.92 Å². The summed E-state index contributed by atoms with van der Waals surface area (Å²) < 4.78 is 0. The fraction of sp³-hybridized carbons (Fsp3) is 0.917. The number of aliphatic carboxylic acids is 1. The number of hydrogen-bond donors (Lipinski definition) is 2. The van der Waals surface area contributed by atoms with E-state index in [1.807, 2.05) is 0 Å². The van der Waals surface area contributed by atoms with Gasteiger partial charge >= 0.3 is 5.97 Å². The first-order chi connectivity index (χ1) is 7.74. The van der Waals surface area contributed by atoms with Gasteiger partial charge in [-0.2, -0.15) is 0 Å².